The van der Waals surface area contributed by atoms with Crippen LogP contribution in [-0.2, 0) is 14.3 Å². The Balaban J connectivity index is 0. The van der Waals surface area contributed by atoms with E-state index in [1.807, 2.05) is 0 Å². The Morgan fingerprint density at radius 3 is 1.00 bits per heavy atom. The second-order valence-electron chi connectivity index (χ2n) is 14.1. The lowest BCUT2D eigenvalue weighted by Crippen LogP contribution is -2.17. The molecule has 0 aliphatic heterocycles. The summed E-state index contributed by atoms with van der Waals surface area (Å²) in [5, 5.41) is 8.49. The predicted octanol–water partition coefficient (Wildman–Crippen LogP) is 14.7. The Hall–Kier alpha value is -1.06. The van der Waals surface area contributed by atoms with Gasteiger partial charge in [0.1, 0.15) is 6.10 Å². The molecule has 0 aromatic heterocycles. The lowest BCUT2D eigenvalue weighted by atomic mass is 10.0. The Kier molecular flexibility index (Phi) is 42.9. The van der Waals surface area contributed by atoms with Gasteiger partial charge in [-0.3, -0.25) is 9.59 Å². The lowest BCUT2D eigenvalue weighted by Gasteiger charge is -2.16. The van der Waals surface area contributed by atoms with Crippen LogP contribution in [0.5, 0.6) is 0 Å². The number of hydrogen-bond acceptors (Lipinski definition) is 3. The molecule has 0 saturated heterocycles. The van der Waals surface area contributed by atoms with Gasteiger partial charge in [0.2, 0.25) is 0 Å². The first-order chi connectivity index (χ1) is 22.5. The van der Waals surface area contributed by atoms with E-state index in [9.17, 15) is 9.59 Å². The van der Waals surface area contributed by atoms with Crippen LogP contribution in [0.3, 0.4) is 0 Å². The van der Waals surface area contributed by atoms with Crippen molar-refractivity contribution in [2.75, 3.05) is 0 Å². The molecule has 0 aliphatic carbocycles. The Morgan fingerprint density at radius 1 is 0.413 bits per heavy atom. The highest BCUT2D eigenvalue weighted by molar-refractivity contribution is 5.69. The molecule has 0 radical (unpaired) electrons. The second kappa shape index (κ2) is 42.0. The molecule has 1 atom stereocenters. The van der Waals surface area contributed by atoms with Gasteiger partial charge in [-0.05, 0) is 32.1 Å². The minimum atomic E-state index is -0.655. The second-order valence-corrected chi connectivity index (χ2v) is 14.1. The van der Waals surface area contributed by atoms with Gasteiger partial charge in [-0.15, -0.1) is 0 Å². The first-order valence-corrected chi connectivity index (χ1v) is 20.9. The van der Waals surface area contributed by atoms with Gasteiger partial charge in [0.05, 0.1) is 0 Å². The third-order valence-corrected chi connectivity index (χ3v) is 9.36. The van der Waals surface area contributed by atoms with Gasteiger partial charge < -0.3 is 9.84 Å². The summed E-state index contributed by atoms with van der Waals surface area (Å²) in [5.74, 6) is -0.629. The van der Waals surface area contributed by atoms with Gasteiger partial charge in [-0.25, -0.2) is 0 Å². The zero-order chi connectivity index (χ0) is 34.2. The number of hydrogen-bond donors (Lipinski definition) is 1. The summed E-state index contributed by atoms with van der Waals surface area (Å²) in [6.45, 7) is 8.88. The summed E-state index contributed by atoms with van der Waals surface area (Å²) >= 11 is 0. The molecule has 0 amide bonds. The average molecular weight is 653 g/mol. The fourth-order valence-corrected chi connectivity index (χ4v) is 6.15. The van der Waals surface area contributed by atoms with Gasteiger partial charge in [0.25, 0.3) is 0 Å². The summed E-state index contributed by atoms with van der Waals surface area (Å²) in [6.07, 6.45) is 44.0. The zero-order valence-electron chi connectivity index (χ0n) is 32.0. The van der Waals surface area contributed by atoms with Gasteiger partial charge in [-0.2, -0.15) is 0 Å². The van der Waals surface area contributed by atoms with Crippen LogP contribution >= 0.6 is 0 Å². The Morgan fingerprint density at radius 2 is 0.696 bits per heavy atom. The van der Waals surface area contributed by atoms with E-state index in [0.29, 0.717) is 12.8 Å². The average Bonchev–Trinajstić information content (AvgIpc) is 3.04. The van der Waals surface area contributed by atoms with Crippen LogP contribution in [0.2, 0.25) is 0 Å². The van der Waals surface area contributed by atoms with E-state index in [-0.39, 0.29) is 12.1 Å². The molecule has 0 heterocycles. The quantitative estimate of drug-likeness (QED) is 0.0540. The number of rotatable bonds is 36. The molecule has 46 heavy (non-hydrogen) atoms. The highest BCUT2D eigenvalue weighted by Gasteiger charge is 2.11. The van der Waals surface area contributed by atoms with Crippen molar-refractivity contribution < 1.29 is 19.4 Å². The third-order valence-electron chi connectivity index (χ3n) is 9.36. The molecule has 0 aliphatic rings. The molecule has 276 valence electrons. The standard InChI is InChI=1S/C26H52O2.C16H32O2/c1-4-7-9-10-11-12-13-14-15-16-17-18-19-20-22-24-26(27)28-25(6-3)23-21-8-5-2;1-2-3-4-5-6-7-8-9-10-11-12-13-14-15-16(17)18/h25H,4-24H2,1-3H3;2-15H2,1H3,(H,17,18). The molecule has 0 fully saturated rings. The molecule has 1 unspecified atom stereocenters. The van der Waals surface area contributed by atoms with Gasteiger partial charge in [-0.1, -0.05) is 207 Å². The van der Waals surface area contributed by atoms with E-state index in [1.165, 1.54) is 180 Å². The summed E-state index contributed by atoms with van der Waals surface area (Å²) < 4.78 is 5.63. The summed E-state index contributed by atoms with van der Waals surface area (Å²) in [5.41, 5.74) is 0. The smallest absolute Gasteiger partial charge is 0.306 e. The number of unbranched alkanes of at least 4 members (excludes halogenated alkanes) is 28. The van der Waals surface area contributed by atoms with Crippen LogP contribution in [0.15, 0.2) is 0 Å². The fraction of sp³-hybridized carbons (Fsp3) is 0.952. The van der Waals surface area contributed by atoms with E-state index in [4.69, 9.17) is 9.84 Å². The van der Waals surface area contributed by atoms with Crippen LogP contribution in [0.25, 0.3) is 0 Å². The van der Waals surface area contributed by atoms with Gasteiger partial charge in [0, 0.05) is 12.8 Å². The van der Waals surface area contributed by atoms with Gasteiger partial charge >= 0.3 is 11.9 Å². The van der Waals surface area contributed by atoms with E-state index in [0.717, 1.165) is 32.1 Å². The minimum absolute atomic E-state index is 0.0260. The molecule has 0 saturated carbocycles. The number of carbonyl (C=O) groups excluding carboxylic acids is 1. The topological polar surface area (TPSA) is 63.6 Å². The molecular formula is C42H84O4. The maximum absolute atomic E-state index is 12.0. The molecule has 0 aromatic carbocycles. The number of carboxylic acid groups (broad SMARTS) is 1. The van der Waals surface area contributed by atoms with E-state index in [1.54, 1.807) is 0 Å². The van der Waals surface area contributed by atoms with Crippen molar-refractivity contribution in [2.45, 2.75) is 259 Å². The predicted molar refractivity (Wildman–Crippen MR) is 202 cm³/mol. The van der Waals surface area contributed by atoms with Crippen molar-refractivity contribution in [3.63, 3.8) is 0 Å². The van der Waals surface area contributed by atoms with E-state index in [2.05, 4.69) is 27.7 Å². The molecule has 0 bridgehead atoms. The Labute approximate surface area is 289 Å². The molecule has 1 N–H and O–H groups in total. The van der Waals surface area contributed by atoms with Crippen molar-refractivity contribution in [3.8, 4) is 0 Å². The van der Waals surface area contributed by atoms with E-state index < -0.39 is 5.97 Å². The third kappa shape index (κ3) is 42.9. The monoisotopic (exact) mass is 653 g/mol. The highest BCUT2D eigenvalue weighted by atomic mass is 16.5. The number of esters is 1. The molecule has 0 aromatic rings. The van der Waals surface area contributed by atoms with Crippen LogP contribution < -0.4 is 0 Å². The number of carboxylic acids is 1. The van der Waals surface area contributed by atoms with Crippen molar-refractivity contribution in [2.24, 2.45) is 0 Å². The molecule has 4 nitrogen and oxygen atoms in total. The van der Waals surface area contributed by atoms with Crippen molar-refractivity contribution >= 4 is 11.9 Å². The minimum Gasteiger partial charge on any atom is -0.481 e. The van der Waals surface area contributed by atoms with Crippen LogP contribution in [0.4, 0.5) is 0 Å². The largest absolute Gasteiger partial charge is 0.481 e. The number of aliphatic carboxylic acids is 1. The first-order valence-electron chi connectivity index (χ1n) is 20.9. The maximum atomic E-state index is 12.0. The van der Waals surface area contributed by atoms with E-state index >= 15 is 0 Å². The molecule has 0 rings (SSSR count). The Bertz CT molecular complexity index is 590. The van der Waals surface area contributed by atoms with Crippen molar-refractivity contribution in [1.29, 1.82) is 0 Å². The molecule has 0 spiro atoms. The lowest BCUT2D eigenvalue weighted by molar-refractivity contribution is -0.149. The molecule has 4 heteroatoms. The zero-order valence-corrected chi connectivity index (χ0v) is 32.0. The molecular weight excluding hydrogens is 568 g/mol. The van der Waals surface area contributed by atoms with Crippen molar-refractivity contribution in [3.05, 3.63) is 0 Å². The van der Waals surface area contributed by atoms with Crippen molar-refractivity contribution in [1.82, 2.24) is 0 Å². The van der Waals surface area contributed by atoms with Crippen LogP contribution in [0, 0.1) is 0 Å². The first kappa shape index (κ1) is 47.1. The van der Waals surface area contributed by atoms with Crippen LogP contribution in [0.1, 0.15) is 252 Å². The van der Waals surface area contributed by atoms with Crippen LogP contribution in [-0.4, -0.2) is 23.1 Å². The summed E-state index contributed by atoms with van der Waals surface area (Å²) in [6, 6.07) is 0. The highest BCUT2D eigenvalue weighted by Crippen LogP contribution is 2.16. The number of ether oxygens (including phenoxy) is 1. The van der Waals surface area contributed by atoms with Gasteiger partial charge in [0.15, 0.2) is 0 Å². The summed E-state index contributed by atoms with van der Waals surface area (Å²) in [7, 11) is 0. The SMILES string of the molecule is CCCCCCCCCCCCCCCC(=O)O.CCCCCCCCCCCCCCCCCC(=O)OC(CC)CCCCC. The normalized spacial score (nSPS) is 11.7. The maximum Gasteiger partial charge on any atom is 0.306 e. The fourth-order valence-electron chi connectivity index (χ4n) is 6.15. The summed E-state index contributed by atoms with van der Waals surface area (Å²) in [4.78, 5) is 22.3. The number of carbonyl (C=O) groups is 2.